The molecule has 7 heteroatoms. The van der Waals surface area contributed by atoms with E-state index in [2.05, 4.69) is 10.6 Å². The highest BCUT2D eigenvalue weighted by atomic mass is 32.1. The normalized spacial score (nSPS) is 11.5. The van der Waals surface area contributed by atoms with Crippen LogP contribution in [0.3, 0.4) is 0 Å². The van der Waals surface area contributed by atoms with Crippen LogP contribution in [-0.4, -0.2) is 42.3 Å². The van der Waals surface area contributed by atoms with Crippen molar-refractivity contribution in [1.82, 2.24) is 10.2 Å². The van der Waals surface area contributed by atoms with E-state index >= 15 is 0 Å². The third kappa shape index (κ3) is 6.04. The van der Waals surface area contributed by atoms with E-state index in [1.165, 1.54) is 16.2 Å². The van der Waals surface area contributed by atoms with Gasteiger partial charge < -0.3 is 15.5 Å². The van der Waals surface area contributed by atoms with Gasteiger partial charge >= 0.3 is 0 Å². The van der Waals surface area contributed by atoms with Gasteiger partial charge in [-0.1, -0.05) is 54.6 Å². The first-order chi connectivity index (χ1) is 15.3. The van der Waals surface area contributed by atoms with Crippen molar-refractivity contribution >= 4 is 34.7 Å². The average Bonchev–Trinajstić information content (AvgIpc) is 3.31. The van der Waals surface area contributed by atoms with Crippen LogP contribution < -0.4 is 10.6 Å². The summed E-state index contributed by atoms with van der Waals surface area (Å²) in [7, 11) is 1.57. The van der Waals surface area contributed by atoms with Gasteiger partial charge in [0, 0.05) is 19.2 Å². The molecule has 6 nitrogen and oxygen atoms in total. The van der Waals surface area contributed by atoms with Crippen LogP contribution in [-0.2, 0) is 16.0 Å². The number of aryl methyl sites for hydroxylation is 2. The Morgan fingerprint density at radius 2 is 1.62 bits per heavy atom. The molecule has 3 amide bonds. The molecular weight excluding hydrogens is 422 g/mol. The van der Waals surface area contributed by atoms with Gasteiger partial charge in [-0.3, -0.25) is 14.4 Å². The monoisotopic (exact) mass is 449 g/mol. The maximum absolute atomic E-state index is 13.2. The zero-order valence-corrected chi connectivity index (χ0v) is 19.2. The third-order valence-corrected chi connectivity index (χ3v) is 6.00. The van der Waals surface area contributed by atoms with Gasteiger partial charge in [-0.15, -0.1) is 11.3 Å². The number of carbonyl (C=O) groups is 3. The van der Waals surface area contributed by atoms with E-state index in [0.29, 0.717) is 11.3 Å². The van der Waals surface area contributed by atoms with Crippen LogP contribution in [0.15, 0.2) is 66.0 Å². The van der Waals surface area contributed by atoms with E-state index in [-0.39, 0.29) is 24.3 Å². The Kier molecular flexibility index (Phi) is 7.78. The quantitative estimate of drug-likeness (QED) is 0.549. The lowest BCUT2D eigenvalue weighted by atomic mass is 10.0. The van der Waals surface area contributed by atoms with Crippen molar-refractivity contribution in [3.05, 3.63) is 87.6 Å². The van der Waals surface area contributed by atoms with Gasteiger partial charge in [-0.25, -0.2) is 0 Å². The van der Waals surface area contributed by atoms with Crippen molar-refractivity contribution in [2.24, 2.45) is 0 Å². The maximum atomic E-state index is 13.2. The molecule has 2 aromatic carbocycles. The molecular formula is C25H27N3O3S. The van der Waals surface area contributed by atoms with Gasteiger partial charge in [0.25, 0.3) is 5.91 Å². The Morgan fingerprint density at radius 1 is 0.938 bits per heavy atom. The highest BCUT2D eigenvalue weighted by Crippen LogP contribution is 2.19. The molecule has 0 aliphatic rings. The molecule has 3 aromatic rings. The molecule has 1 unspecified atom stereocenters. The van der Waals surface area contributed by atoms with Gasteiger partial charge in [0.2, 0.25) is 11.8 Å². The van der Waals surface area contributed by atoms with Gasteiger partial charge in [-0.2, -0.15) is 0 Å². The van der Waals surface area contributed by atoms with E-state index in [1.54, 1.807) is 19.2 Å². The van der Waals surface area contributed by atoms with Crippen LogP contribution in [0.5, 0.6) is 0 Å². The molecule has 1 aromatic heterocycles. The Labute approximate surface area is 192 Å². The Balaban J connectivity index is 1.70. The van der Waals surface area contributed by atoms with Crippen molar-refractivity contribution in [3.8, 4) is 0 Å². The van der Waals surface area contributed by atoms with Crippen molar-refractivity contribution in [2.75, 3.05) is 18.9 Å². The summed E-state index contributed by atoms with van der Waals surface area (Å²) >= 11 is 1.31. The predicted molar refractivity (Wildman–Crippen MR) is 128 cm³/mol. The number of nitrogens with one attached hydrogen (secondary N) is 2. The van der Waals surface area contributed by atoms with E-state index in [1.807, 2.05) is 67.8 Å². The van der Waals surface area contributed by atoms with Crippen LogP contribution in [0.2, 0.25) is 0 Å². The topological polar surface area (TPSA) is 78.5 Å². The summed E-state index contributed by atoms with van der Waals surface area (Å²) in [5, 5.41) is 7.55. The number of thiophene rings is 1. The Hall–Kier alpha value is -3.45. The minimum atomic E-state index is -0.787. The fraction of sp³-hybridized carbons (Fsp3) is 0.240. The SMILES string of the molecule is Cc1cccc(C)c1NC(=O)CN(C)C(=O)C(Cc1ccccc1)NC(=O)c1cccs1. The Bertz CT molecular complexity index is 1060. The molecule has 0 radical (unpaired) electrons. The van der Waals surface area contributed by atoms with Crippen LogP contribution in [0.25, 0.3) is 0 Å². The summed E-state index contributed by atoms with van der Waals surface area (Å²) in [4.78, 5) is 40.3. The van der Waals surface area contributed by atoms with Crippen molar-refractivity contribution in [1.29, 1.82) is 0 Å². The molecule has 32 heavy (non-hydrogen) atoms. The second-order valence-electron chi connectivity index (χ2n) is 7.70. The summed E-state index contributed by atoms with van der Waals surface area (Å²) < 4.78 is 0. The van der Waals surface area contributed by atoms with Crippen molar-refractivity contribution in [2.45, 2.75) is 26.3 Å². The predicted octanol–water partition coefficient (Wildman–Crippen LogP) is 3.80. The van der Waals surface area contributed by atoms with Gasteiger partial charge in [0.15, 0.2) is 0 Å². The van der Waals surface area contributed by atoms with E-state index < -0.39 is 6.04 Å². The number of likely N-dealkylation sites (N-methyl/N-ethyl adjacent to an activating group) is 1. The third-order valence-electron chi connectivity index (χ3n) is 5.13. The summed E-state index contributed by atoms with van der Waals surface area (Å²) in [6, 6.07) is 18.0. The fourth-order valence-corrected chi connectivity index (χ4v) is 4.06. The number of carbonyl (C=O) groups excluding carboxylic acids is 3. The van der Waals surface area contributed by atoms with Crippen molar-refractivity contribution < 1.29 is 14.4 Å². The fourth-order valence-electron chi connectivity index (χ4n) is 3.44. The summed E-state index contributed by atoms with van der Waals surface area (Å²) in [6.45, 7) is 3.73. The average molecular weight is 450 g/mol. The first kappa shape index (κ1) is 23.2. The molecule has 0 bridgehead atoms. The second-order valence-corrected chi connectivity index (χ2v) is 8.65. The first-order valence-corrected chi connectivity index (χ1v) is 11.2. The Morgan fingerprint density at radius 3 is 2.25 bits per heavy atom. The van der Waals surface area contributed by atoms with Crippen LogP contribution in [0.1, 0.15) is 26.4 Å². The molecule has 0 aliphatic carbocycles. The zero-order valence-electron chi connectivity index (χ0n) is 18.4. The number of benzene rings is 2. The standard InChI is InChI=1S/C25H27N3O3S/c1-17-9-7-10-18(2)23(17)27-22(29)16-28(3)25(31)20(15-19-11-5-4-6-12-19)26-24(30)21-13-8-14-32-21/h4-14,20H,15-16H2,1-3H3,(H,26,30)(H,27,29). The number of hydrogen-bond acceptors (Lipinski definition) is 4. The minimum absolute atomic E-state index is 0.118. The number of amides is 3. The van der Waals surface area contributed by atoms with Gasteiger partial charge in [0.05, 0.1) is 11.4 Å². The molecule has 0 aliphatic heterocycles. The molecule has 166 valence electrons. The van der Waals surface area contributed by atoms with Gasteiger partial charge in [-0.05, 0) is 42.0 Å². The number of anilines is 1. The molecule has 3 rings (SSSR count). The maximum Gasteiger partial charge on any atom is 0.262 e. The molecule has 0 spiro atoms. The molecule has 0 saturated carbocycles. The molecule has 0 saturated heterocycles. The summed E-state index contributed by atoms with van der Waals surface area (Å²) in [6.07, 6.45) is 0.333. The number of hydrogen-bond donors (Lipinski definition) is 2. The molecule has 1 atom stereocenters. The van der Waals surface area contributed by atoms with Crippen LogP contribution in [0, 0.1) is 13.8 Å². The molecule has 1 heterocycles. The summed E-state index contributed by atoms with van der Waals surface area (Å²) in [5.74, 6) is -0.917. The zero-order chi connectivity index (χ0) is 23.1. The number of nitrogens with zero attached hydrogens (tertiary/aromatic N) is 1. The highest BCUT2D eigenvalue weighted by Gasteiger charge is 2.26. The van der Waals surface area contributed by atoms with E-state index in [9.17, 15) is 14.4 Å². The smallest absolute Gasteiger partial charge is 0.262 e. The molecule has 0 fully saturated rings. The summed E-state index contributed by atoms with van der Waals surface area (Å²) in [5.41, 5.74) is 3.59. The van der Waals surface area contributed by atoms with Crippen molar-refractivity contribution in [3.63, 3.8) is 0 Å². The largest absolute Gasteiger partial charge is 0.339 e. The van der Waals surface area contributed by atoms with Crippen LogP contribution in [0.4, 0.5) is 5.69 Å². The second kappa shape index (κ2) is 10.7. The minimum Gasteiger partial charge on any atom is -0.339 e. The van der Waals surface area contributed by atoms with E-state index in [0.717, 1.165) is 22.4 Å². The van der Waals surface area contributed by atoms with Crippen LogP contribution >= 0.6 is 11.3 Å². The lowest BCUT2D eigenvalue weighted by molar-refractivity contribution is -0.135. The number of para-hydroxylation sites is 1. The van der Waals surface area contributed by atoms with E-state index in [4.69, 9.17) is 0 Å². The first-order valence-electron chi connectivity index (χ1n) is 10.3. The molecule has 2 N–H and O–H groups in total. The number of rotatable bonds is 8. The lowest BCUT2D eigenvalue weighted by Gasteiger charge is -2.24. The van der Waals surface area contributed by atoms with Gasteiger partial charge in [0.1, 0.15) is 6.04 Å². The highest BCUT2D eigenvalue weighted by molar-refractivity contribution is 7.12. The lowest BCUT2D eigenvalue weighted by Crippen LogP contribution is -2.50.